The Balaban J connectivity index is 1.61. The van der Waals surface area contributed by atoms with E-state index < -0.39 is 20.0 Å². The second-order valence-corrected chi connectivity index (χ2v) is 11.7. The van der Waals surface area contributed by atoms with Gasteiger partial charge in [-0.1, -0.05) is 30.3 Å². The predicted molar refractivity (Wildman–Crippen MR) is 108 cm³/mol. The summed E-state index contributed by atoms with van der Waals surface area (Å²) in [7, 11) is -6.96. The van der Waals surface area contributed by atoms with E-state index >= 15 is 0 Å². The first kappa shape index (κ1) is 20.5. The molecule has 2 aromatic rings. The summed E-state index contributed by atoms with van der Waals surface area (Å²) in [6, 6.07) is 10.8. The zero-order valence-corrected chi connectivity index (χ0v) is 17.6. The van der Waals surface area contributed by atoms with Crippen LogP contribution < -0.4 is 4.72 Å². The highest BCUT2D eigenvalue weighted by molar-refractivity contribution is 7.91. The first-order valence-corrected chi connectivity index (χ1v) is 12.8. The van der Waals surface area contributed by atoms with Gasteiger partial charge in [0.25, 0.3) is 10.0 Å². The summed E-state index contributed by atoms with van der Waals surface area (Å²) in [6.45, 7) is 2.87. The standard InChI is InChI=1S/C18H24N2O4S3/c1-15-9-11-25-18(15)27(23,24)20-10-5-8-17(13-20)12-19-26(21,22)14-16-6-3-2-4-7-16/h2-4,6-7,9,11,17,19H,5,8,10,12-14H2,1H3. The van der Waals surface area contributed by atoms with E-state index in [-0.39, 0.29) is 18.2 Å². The second kappa shape index (κ2) is 8.40. The highest BCUT2D eigenvalue weighted by Crippen LogP contribution is 2.29. The van der Waals surface area contributed by atoms with Crippen molar-refractivity contribution in [3.05, 3.63) is 52.9 Å². The van der Waals surface area contributed by atoms with Crippen LogP contribution in [0.15, 0.2) is 46.0 Å². The molecule has 1 atom stereocenters. The minimum atomic E-state index is -3.51. The molecule has 1 fully saturated rings. The number of thiophene rings is 1. The van der Waals surface area contributed by atoms with Crippen LogP contribution in [0.3, 0.4) is 0 Å². The van der Waals surface area contributed by atoms with Crippen LogP contribution in [-0.4, -0.2) is 40.8 Å². The van der Waals surface area contributed by atoms with Gasteiger partial charge in [-0.2, -0.15) is 4.31 Å². The number of aryl methyl sites for hydroxylation is 1. The Hall–Kier alpha value is -1.26. The third-order valence-electron chi connectivity index (χ3n) is 4.66. The monoisotopic (exact) mass is 428 g/mol. The van der Waals surface area contributed by atoms with Gasteiger partial charge in [0.05, 0.1) is 5.75 Å². The molecule has 1 aromatic heterocycles. The fraction of sp³-hybridized carbons (Fsp3) is 0.444. The molecule has 1 aliphatic heterocycles. The minimum Gasteiger partial charge on any atom is -0.215 e. The van der Waals surface area contributed by atoms with Crippen LogP contribution in [0, 0.1) is 12.8 Å². The number of sulfonamides is 2. The summed E-state index contributed by atoms with van der Waals surface area (Å²) in [5.41, 5.74) is 1.48. The summed E-state index contributed by atoms with van der Waals surface area (Å²) in [5, 5.41) is 1.78. The molecule has 1 aliphatic rings. The van der Waals surface area contributed by atoms with Crippen LogP contribution in [0.5, 0.6) is 0 Å². The maximum absolute atomic E-state index is 12.9. The summed E-state index contributed by atoms with van der Waals surface area (Å²) in [6.07, 6.45) is 1.54. The number of nitrogens with zero attached hydrogens (tertiary/aromatic N) is 1. The Morgan fingerprint density at radius 2 is 1.89 bits per heavy atom. The van der Waals surface area contributed by atoms with E-state index in [0.717, 1.165) is 24.0 Å². The highest BCUT2D eigenvalue weighted by atomic mass is 32.2. The maximum atomic E-state index is 12.9. The molecule has 1 aromatic carbocycles. The van der Waals surface area contributed by atoms with E-state index in [2.05, 4.69) is 4.72 Å². The number of rotatable bonds is 7. The highest BCUT2D eigenvalue weighted by Gasteiger charge is 2.32. The van der Waals surface area contributed by atoms with Crippen molar-refractivity contribution in [2.45, 2.75) is 29.7 Å². The van der Waals surface area contributed by atoms with E-state index in [1.54, 1.807) is 42.6 Å². The van der Waals surface area contributed by atoms with E-state index in [1.807, 2.05) is 6.07 Å². The van der Waals surface area contributed by atoms with Crippen LogP contribution in [0.2, 0.25) is 0 Å². The molecular weight excluding hydrogens is 404 g/mol. The molecule has 1 unspecified atom stereocenters. The third kappa shape index (κ3) is 5.17. The summed E-state index contributed by atoms with van der Waals surface area (Å²) in [4.78, 5) is 0. The zero-order chi connectivity index (χ0) is 19.5. The average Bonchev–Trinajstić information content (AvgIpc) is 3.08. The van der Waals surface area contributed by atoms with Crippen molar-refractivity contribution in [2.75, 3.05) is 19.6 Å². The first-order chi connectivity index (χ1) is 12.8. The second-order valence-electron chi connectivity index (χ2n) is 6.86. The van der Waals surface area contributed by atoms with Gasteiger partial charge in [0.15, 0.2) is 0 Å². The van der Waals surface area contributed by atoms with Crippen molar-refractivity contribution in [1.82, 2.24) is 9.03 Å². The van der Waals surface area contributed by atoms with Crippen molar-refractivity contribution in [3.63, 3.8) is 0 Å². The quantitative estimate of drug-likeness (QED) is 0.735. The zero-order valence-electron chi connectivity index (χ0n) is 15.2. The lowest BCUT2D eigenvalue weighted by atomic mass is 10.0. The van der Waals surface area contributed by atoms with Gasteiger partial charge in [0.1, 0.15) is 4.21 Å². The van der Waals surface area contributed by atoms with Crippen LogP contribution in [0.1, 0.15) is 24.0 Å². The third-order valence-corrected chi connectivity index (χ3v) is 9.51. The minimum absolute atomic E-state index is 0.0284. The fourth-order valence-electron chi connectivity index (χ4n) is 3.24. The number of piperidine rings is 1. The molecule has 6 nitrogen and oxygen atoms in total. The van der Waals surface area contributed by atoms with Gasteiger partial charge in [-0.05, 0) is 48.3 Å². The van der Waals surface area contributed by atoms with Gasteiger partial charge in [0.2, 0.25) is 10.0 Å². The van der Waals surface area contributed by atoms with Crippen molar-refractivity contribution in [3.8, 4) is 0 Å². The Morgan fingerprint density at radius 1 is 1.15 bits per heavy atom. The van der Waals surface area contributed by atoms with Crippen LogP contribution in [-0.2, 0) is 25.8 Å². The van der Waals surface area contributed by atoms with Crippen molar-refractivity contribution >= 4 is 31.4 Å². The number of benzene rings is 1. The molecule has 0 bridgehead atoms. The van der Waals surface area contributed by atoms with Gasteiger partial charge in [-0.15, -0.1) is 11.3 Å². The lowest BCUT2D eigenvalue weighted by Crippen LogP contribution is -2.43. The Morgan fingerprint density at radius 3 is 2.56 bits per heavy atom. The molecule has 148 valence electrons. The first-order valence-electron chi connectivity index (χ1n) is 8.83. The molecule has 2 heterocycles. The maximum Gasteiger partial charge on any atom is 0.252 e. The van der Waals surface area contributed by atoms with Gasteiger partial charge >= 0.3 is 0 Å². The fourth-order valence-corrected chi connectivity index (χ4v) is 7.57. The lowest BCUT2D eigenvalue weighted by Gasteiger charge is -2.31. The van der Waals surface area contributed by atoms with Crippen LogP contribution in [0.4, 0.5) is 0 Å². The predicted octanol–water partition coefficient (Wildman–Crippen LogP) is 2.58. The normalized spacial score (nSPS) is 19.2. The molecule has 0 saturated carbocycles. The largest absolute Gasteiger partial charge is 0.252 e. The lowest BCUT2D eigenvalue weighted by molar-refractivity contribution is 0.267. The van der Waals surface area contributed by atoms with Gasteiger partial charge in [-0.3, -0.25) is 0 Å². The number of hydrogen-bond acceptors (Lipinski definition) is 5. The number of hydrogen-bond donors (Lipinski definition) is 1. The van der Waals surface area contributed by atoms with Gasteiger partial charge in [0, 0.05) is 19.6 Å². The molecule has 0 spiro atoms. The smallest absolute Gasteiger partial charge is 0.215 e. The van der Waals surface area contributed by atoms with Gasteiger partial charge < -0.3 is 0 Å². The van der Waals surface area contributed by atoms with E-state index in [4.69, 9.17) is 0 Å². The van der Waals surface area contributed by atoms with Crippen molar-refractivity contribution < 1.29 is 16.8 Å². The summed E-state index contributed by atoms with van der Waals surface area (Å²) in [5.74, 6) is -0.101. The van der Waals surface area contributed by atoms with E-state index in [0.29, 0.717) is 17.3 Å². The summed E-state index contributed by atoms with van der Waals surface area (Å²) < 4.78 is 54.9. The van der Waals surface area contributed by atoms with Crippen molar-refractivity contribution in [1.29, 1.82) is 0 Å². The molecule has 0 aliphatic carbocycles. The average molecular weight is 429 g/mol. The van der Waals surface area contributed by atoms with Crippen LogP contribution >= 0.6 is 11.3 Å². The van der Waals surface area contributed by atoms with Crippen molar-refractivity contribution in [2.24, 2.45) is 5.92 Å². The SMILES string of the molecule is Cc1ccsc1S(=O)(=O)N1CCCC(CNS(=O)(=O)Cc2ccccc2)C1. The molecule has 0 amide bonds. The molecule has 1 N–H and O–H groups in total. The molecule has 27 heavy (non-hydrogen) atoms. The molecule has 3 rings (SSSR count). The molecule has 1 saturated heterocycles. The summed E-state index contributed by atoms with van der Waals surface area (Å²) >= 11 is 1.23. The Labute approximate surface area is 165 Å². The Kier molecular flexibility index (Phi) is 6.37. The molecular formula is C18H24N2O4S3. The van der Waals surface area contributed by atoms with E-state index in [1.165, 1.54) is 15.6 Å². The Bertz CT molecular complexity index is 969. The van der Waals surface area contributed by atoms with E-state index in [9.17, 15) is 16.8 Å². The number of nitrogens with one attached hydrogen (secondary N) is 1. The van der Waals surface area contributed by atoms with Crippen LogP contribution in [0.25, 0.3) is 0 Å². The molecule has 0 radical (unpaired) electrons. The molecule has 9 heteroatoms. The topological polar surface area (TPSA) is 83.6 Å². The van der Waals surface area contributed by atoms with Gasteiger partial charge in [-0.25, -0.2) is 21.6 Å².